The Balaban J connectivity index is 1.60. The van der Waals surface area contributed by atoms with E-state index in [0.29, 0.717) is 30.1 Å². The van der Waals surface area contributed by atoms with Gasteiger partial charge in [0.25, 0.3) is 0 Å². The van der Waals surface area contributed by atoms with Gasteiger partial charge in [-0.3, -0.25) is 9.59 Å². The van der Waals surface area contributed by atoms with Crippen LogP contribution in [0.2, 0.25) is 0 Å². The molecule has 4 heteroatoms. The number of Topliss-reactive ketones (excluding diaryl/α,β-unsaturated/α-hetero) is 1. The molecule has 6 atom stereocenters. The standard InChI is InChI=1S/C25H36O4/c1-5-14-28-19-7-9-20-18(15-19)6-8-22-21(20)10-12-24(4)23(22)11-13-25(24,16(2)26)29-17(3)27/h6,15,20-23H,5,7-14H2,1-4H3/t20-,21+,22+,23-,24-,25-/m0/s1. The van der Waals surface area contributed by atoms with E-state index in [1.165, 1.54) is 18.9 Å². The first kappa shape index (κ1) is 20.7. The first-order valence-electron chi connectivity index (χ1n) is 11.6. The number of hydrogen-bond acceptors (Lipinski definition) is 4. The molecule has 0 radical (unpaired) electrons. The van der Waals surface area contributed by atoms with Crippen molar-refractivity contribution in [3.8, 4) is 0 Å². The molecule has 0 N–H and O–H groups in total. The van der Waals surface area contributed by atoms with Gasteiger partial charge in [-0.15, -0.1) is 0 Å². The summed E-state index contributed by atoms with van der Waals surface area (Å²) in [5.74, 6) is 3.19. The molecule has 0 aliphatic heterocycles. The molecule has 0 amide bonds. The van der Waals surface area contributed by atoms with E-state index in [1.54, 1.807) is 6.92 Å². The summed E-state index contributed by atoms with van der Waals surface area (Å²) in [7, 11) is 0. The zero-order valence-electron chi connectivity index (χ0n) is 18.5. The summed E-state index contributed by atoms with van der Waals surface area (Å²) in [4.78, 5) is 24.7. The minimum absolute atomic E-state index is 0.0292. The highest BCUT2D eigenvalue weighted by Crippen LogP contribution is 2.65. The number of esters is 1. The van der Waals surface area contributed by atoms with Crippen LogP contribution in [-0.4, -0.2) is 24.0 Å². The lowest BCUT2D eigenvalue weighted by Gasteiger charge is -2.54. The van der Waals surface area contributed by atoms with Gasteiger partial charge in [0.1, 0.15) is 0 Å². The Labute approximate surface area is 175 Å². The van der Waals surface area contributed by atoms with Crippen molar-refractivity contribution >= 4 is 11.8 Å². The minimum atomic E-state index is -0.925. The Morgan fingerprint density at radius 1 is 1.14 bits per heavy atom. The molecule has 0 saturated heterocycles. The summed E-state index contributed by atoms with van der Waals surface area (Å²) < 4.78 is 11.8. The van der Waals surface area contributed by atoms with Crippen molar-refractivity contribution in [2.24, 2.45) is 29.1 Å². The molecule has 0 bridgehead atoms. The molecule has 0 aromatic carbocycles. The quantitative estimate of drug-likeness (QED) is 0.582. The van der Waals surface area contributed by atoms with Crippen LogP contribution in [0.15, 0.2) is 23.5 Å². The molecular weight excluding hydrogens is 364 g/mol. The third-order valence-electron chi connectivity index (χ3n) is 8.59. The average molecular weight is 401 g/mol. The maximum absolute atomic E-state index is 12.8. The fourth-order valence-corrected chi connectivity index (χ4v) is 7.34. The number of fused-ring (bicyclic) bond motifs is 5. The van der Waals surface area contributed by atoms with E-state index in [9.17, 15) is 9.59 Å². The van der Waals surface area contributed by atoms with Crippen LogP contribution in [0, 0.1) is 29.1 Å². The van der Waals surface area contributed by atoms with Gasteiger partial charge in [-0.2, -0.15) is 0 Å². The van der Waals surface area contributed by atoms with Crippen LogP contribution in [0.4, 0.5) is 0 Å². The third-order valence-corrected chi connectivity index (χ3v) is 8.59. The molecule has 0 heterocycles. The average Bonchev–Trinajstić information content (AvgIpc) is 2.99. The Kier molecular flexibility index (Phi) is 5.41. The summed E-state index contributed by atoms with van der Waals surface area (Å²) in [5.41, 5.74) is 0.311. The number of hydrogen-bond donors (Lipinski definition) is 0. The van der Waals surface area contributed by atoms with E-state index in [2.05, 4.69) is 26.0 Å². The van der Waals surface area contributed by atoms with Gasteiger partial charge >= 0.3 is 5.97 Å². The monoisotopic (exact) mass is 400 g/mol. The van der Waals surface area contributed by atoms with Crippen LogP contribution in [0.1, 0.15) is 79.1 Å². The third kappa shape index (κ3) is 3.18. The largest absolute Gasteiger partial charge is 0.498 e. The van der Waals surface area contributed by atoms with Gasteiger partial charge in [0, 0.05) is 18.8 Å². The summed E-state index contributed by atoms with van der Waals surface area (Å²) in [6, 6.07) is 0. The van der Waals surface area contributed by atoms with Crippen molar-refractivity contribution in [3.05, 3.63) is 23.5 Å². The van der Waals surface area contributed by atoms with Crippen LogP contribution in [0.25, 0.3) is 0 Å². The van der Waals surface area contributed by atoms with Crippen LogP contribution < -0.4 is 0 Å². The van der Waals surface area contributed by atoms with Crippen LogP contribution in [0.3, 0.4) is 0 Å². The lowest BCUT2D eigenvalue weighted by Crippen LogP contribution is -2.57. The van der Waals surface area contributed by atoms with Crippen LogP contribution in [-0.2, 0) is 19.1 Å². The fraction of sp³-hybridized carbons (Fsp3) is 0.760. The maximum Gasteiger partial charge on any atom is 0.303 e. The second-order valence-electron chi connectivity index (χ2n) is 9.95. The first-order chi connectivity index (χ1) is 13.8. The molecule has 4 aliphatic rings. The van der Waals surface area contributed by atoms with E-state index in [1.807, 2.05) is 0 Å². The number of ketones is 1. The number of allylic oxidation sites excluding steroid dienone is 4. The highest BCUT2D eigenvalue weighted by atomic mass is 16.6. The van der Waals surface area contributed by atoms with Gasteiger partial charge < -0.3 is 9.47 Å². The Morgan fingerprint density at radius 2 is 1.93 bits per heavy atom. The first-order valence-corrected chi connectivity index (χ1v) is 11.6. The molecule has 2 fully saturated rings. The van der Waals surface area contributed by atoms with Crippen molar-refractivity contribution in [1.29, 1.82) is 0 Å². The number of ether oxygens (including phenoxy) is 2. The molecule has 160 valence electrons. The molecule has 29 heavy (non-hydrogen) atoms. The van der Waals surface area contributed by atoms with E-state index in [0.717, 1.165) is 50.9 Å². The zero-order chi connectivity index (χ0) is 20.8. The zero-order valence-corrected chi connectivity index (χ0v) is 18.5. The number of rotatable bonds is 5. The van der Waals surface area contributed by atoms with Gasteiger partial charge in [0.2, 0.25) is 0 Å². The molecule has 4 nitrogen and oxygen atoms in total. The molecule has 4 rings (SSSR count). The highest BCUT2D eigenvalue weighted by molar-refractivity contribution is 5.89. The topological polar surface area (TPSA) is 52.6 Å². The molecular formula is C25H36O4. The minimum Gasteiger partial charge on any atom is -0.498 e. The lowest BCUT2D eigenvalue weighted by molar-refractivity contribution is -0.185. The van der Waals surface area contributed by atoms with Gasteiger partial charge in [0.15, 0.2) is 11.4 Å². The van der Waals surface area contributed by atoms with Crippen LogP contribution in [0.5, 0.6) is 0 Å². The van der Waals surface area contributed by atoms with E-state index in [-0.39, 0.29) is 17.2 Å². The Bertz CT molecular complexity index is 750. The maximum atomic E-state index is 12.8. The van der Waals surface area contributed by atoms with Crippen LogP contribution >= 0.6 is 0 Å². The van der Waals surface area contributed by atoms with Crippen molar-refractivity contribution < 1.29 is 19.1 Å². The number of carbonyl (C=O) groups is 2. The van der Waals surface area contributed by atoms with Crippen molar-refractivity contribution in [1.82, 2.24) is 0 Å². The van der Waals surface area contributed by atoms with Gasteiger partial charge in [-0.1, -0.05) is 19.9 Å². The lowest BCUT2D eigenvalue weighted by atomic mass is 9.51. The van der Waals surface area contributed by atoms with Gasteiger partial charge in [-0.25, -0.2) is 0 Å². The second kappa shape index (κ2) is 7.59. The number of carbonyl (C=O) groups excluding carboxylic acids is 2. The predicted molar refractivity (Wildman–Crippen MR) is 112 cm³/mol. The predicted octanol–water partition coefficient (Wildman–Crippen LogP) is 5.37. The molecule has 0 aromatic heterocycles. The highest BCUT2D eigenvalue weighted by Gasteiger charge is 2.66. The van der Waals surface area contributed by atoms with E-state index in [4.69, 9.17) is 9.47 Å². The SMILES string of the molecule is CCCOC1=CC2=CC[C@@H]3[C@H](CC[C@@]4(C)[C@H]3CC[C@]4(OC(C)=O)C(C)=O)[C@H]2CC1. The summed E-state index contributed by atoms with van der Waals surface area (Å²) in [6.45, 7) is 8.23. The molecule has 0 aromatic rings. The van der Waals surface area contributed by atoms with Crippen molar-refractivity contribution in [3.63, 3.8) is 0 Å². The van der Waals surface area contributed by atoms with E-state index >= 15 is 0 Å². The molecule has 4 aliphatic carbocycles. The smallest absolute Gasteiger partial charge is 0.303 e. The Morgan fingerprint density at radius 3 is 2.62 bits per heavy atom. The van der Waals surface area contributed by atoms with Gasteiger partial charge in [0.05, 0.1) is 12.4 Å². The van der Waals surface area contributed by atoms with Crippen molar-refractivity contribution in [2.75, 3.05) is 6.61 Å². The Hall–Kier alpha value is -1.58. The molecule has 2 saturated carbocycles. The normalized spacial score (nSPS) is 40.7. The van der Waals surface area contributed by atoms with Crippen molar-refractivity contribution in [2.45, 2.75) is 84.7 Å². The molecule has 0 unspecified atom stereocenters. The fourth-order valence-electron chi connectivity index (χ4n) is 7.34. The summed E-state index contributed by atoms with van der Waals surface area (Å²) in [6.07, 6.45) is 12.8. The summed E-state index contributed by atoms with van der Waals surface area (Å²) in [5, 5.41) is 0. The van der Waals surface area contributed by atoms with Gasteiger partial charge in [-0.05, 0) is 87.2 Å². The second-order valence-corrected chi connectivity index (χ2v) is 9.95. The van der Waals surface area contributed by atoms with E-state index < -0.39 is 5.60 Å². The summed E-state index contributed by atoms with van der Waals surface area (Å²) >= 11 is 0. The molecule has 0 spiro atoms.